The maximum atomic E-state index is 12.0. The van der Waals surface area contributed by atoms with Crippen LogP contribution in [0.25, 0.3) is 0 Å². The fourth-order valence-electron chi connectivity index (χ4n) is 2.93. The monoisotopic (exact) mass is 216 g/mol. The fourth-order valence-corrected chi connectivity index (χ4v) is 2.93. The van der Waals surface area contributed by atoms with Crippen LogP contribution in [0, 0.1) is 19.8 Å². The third-order valence-corrected chi connectivity index (χ3v) is 3.55. The Labute approximate surface area is 97.9 Å². The van der Waals surface area contributed by atoms with E-state index in [4.69, 9.17) is 0 Å². The number of carbonyl (C=O) groups excluding carboxylic acids is 1. The normalized spacial score (nSPS) is 19.3. The molecule has 0 N–H and O–H groups in total. The van der Waals surface area contributed by atoms with Gasteiger partial charge in [0.15, 0.2) is 5.78 Å². The summed E-state index contributed by atoms with van der Waals surface area (Å²) in [5, 5.41) is 0. The molecule has 1 aromatic rings. The van der Waals surface area contributed by atoms with Crippen LogP contribution in [0.1, 0.15) is 59.7 Å². The molecule has 1 atom stereocenters. The highest BCUT2D eigenvalue weighted by atomic mass is 16.1. The first-order chi connectivity index (χ1) is 7.50. The third kappa shape index (κ3) is 1.79. The summed E-state index contributed by atoms with van der Waals surface area (Å²) in [6.07, 6.45) is 1.85. The molecule has 1 heteroatoms. The lowest BCUT2D eigenvalue weighted by atomic mass is 9.88. The largest absolute Gasteiger partial charge is 0.294 e. The molecule has 0 saturated heterocycles. The van der Waals surface area contributed by atoms with Crippen molar-refractivity contribution in [3.8, 4) is 0 Å². The van der Waals surface area contributed by atoms with Gasteiger partial charge < -0.3 is 0 Å². The average Bonchev–Trinajstić information content (AvgIpc) is 2.49. The summed E-state index contributed by atoms with van der Waals surface area (Å²) in [7, 11) is 0. The molecule has 1 aromatic carbocycles. The van der Waals surface area contributed by atoms with Gasteiger partial charge >= 0.3 is 0 Å². The minimum Gasteiger partial charge on any atom is -0.294 e. The highest BCUT2D eigenvalue weighted by molar-refractivity contribution is 6.03. The Balaban J connectivity index is 2.48. The molecule has 1 nitrogen and oxygen atoms in total. The molecular weight excluding hydrogens is 196 g/mol. The first-order valence-corrected chi connectivity index (χ1v) is 6.14. The fraction of sp³-hybridized carbons (Fsp3) is 0.533. The molecule has 0 spiro atoms. The van der Waals surface area contributed by atoms with Gasteiger partial charge in [-0.25, -0.2) is 0 Å². The molecular formula is C15H20O. The van der Waals surface area contributed by atoms with Gasteiger partial charge in [-0.15, -0.1) is 0 Å². The van der Waals surface area contributed by atoms with E-state index in [1.165, 1.54) is 11.1 Å². The smallest absolute Gasteiger partial charge is 0.164 e. The van der Waals surface area contributed by atoms with Crippen LogP contribution in [-0.2, 0) is 0 Å². The van der Waals surface area contributed by atoms with Gasteiger partial charge in [0.05, 0.1) is 0 Å². The Hall–Kier alpha value is -1.11. The number of aryl methyl sites for hydroxylation is 2. The second kappa shape index (κ2) is 4.04. The Morgan fingerprint density at radius 1 is 1.25 bits per heavy atom. The Morgan fingerprint density at radius 2 is 1.88 bits per heavy atom. The maximum absolute atomic E-state index is 12.0. The molecule has 86 valence electrons. The Morgan fingerprint density at radius 3 is 2.50 bits per heavy atom. The van der Waals surface area contributed by atoms with Crippen LogP contribution >= 0.6 is 0 Å². The number of benzene rings is 1. The zero-order valence-electron chi connectivity index (χ0n) is 10.6. The van der Waals surface area contributed by atoms with Gasteiger partial charge in [0.1, 0.15) is 0 Å². The lowest BCUT2D eigenvalue weighted by Gasteiger charge is -2.16. The van der Waals surface area contributed by atoms with E-state index >= 15 is 0 Å². The SMILES string of the molecule is Cc1ccc(C)c2c1C(=O)CC2CC(C)C. The number of Topliss-reactive ketones (excluding diaryl/α,β-unsaturated/α-hetero) is 1. The van der Waals surface area contributed by atoms with E-state index in [1.54, 1.807) is 0 Å². The van der Waals surface area contributed by atoms with Crippen molar-refractivity contribution in [2.75, 3.05) is 0 Å². The van der Waals surface area contributed by atoms with Crippen LogP contribution in [0.4, 0.5) is 0 Å². The van der Waals surface area contributed by atoms with Crippen molar-refractivity contribution in [2.45, 2.75) is 46.5 Å². The van der Waals surface area contributed by atoms with E-state index in [-0.39, 0.29) is 0 Å². The van der Waals surface area contributed by atoms with Crippen LogP contribution in [-0.4, -0.2) is 5.78 Å². The summed E-state index contributed by atoms with van der Waals surface area (Å²) in [4.78, 5) is 12.0. The molecule has 0 fully saturated rings. The Kier molecular flexibility index (Phi) is 2.88. The number of rotatable bonds is 2. The van der Waals surface area contributed by atoms with E-state index in [1.807, 2.05) is 6.92 Å². The van der Waals surface area contributed by atoms with E-state index in [0.29, 0.717) is 17.6 Å². The summed E-state index contributed by atoms with van der Waals surface area (Å²) in [5.74, 6) is 1.47. The van der Waals surface area contributed by atoms with Gasteiger partial charge in [-0.3, -0.25) is 4.79 Å². The molecule has 0 amide bonds. The Bertz CT molecular complexity index is 429. The van der Waals surface area contributed by atoms with Crippen molar-refractivity contribution in [1.82, 2.24) is 0 Å². The minimum atomic E-state index is 0.349. The summed E-state index contributed by atoms with van der Waals surface area (Å²) in [5.41, 5.74) is 4.79. The molecule has 0 aromatic heterocycles. The lowest BCUT2D eigenvalue weighted by Crippen LogP contribution is -2.01. The predicted molar refractivity (Wildman–Crippen MR) is 67.1 cm³/mol. The number of ketones is 1. The van der Waals surface area contributed by atoms with Crippen molar-refractivity contribution < 1.29 is 4.79 Å². The van der Waals surface area contributed by atoms with Crippen molar-refractivity contribution in [2.24, 2.45) is 5.92 Å². The molecule has 0 radical (unpaired) electrons. The zero-order valence-corrected chi connectivity index (χ0v) is 10.6. The first-order valence-electron chi connectivity index (χ1n) is 6.14. The topological polar surface area (TPSA) is 17.1 Å². The second-order valence-electron chi connectivity index (χ2n) is 5.44. The van der Waals surface area contributed by atoms with Gasteiger partial charge in [0.2, 0.25) is 0 Å². The van der Waals surface area contributed by atoms with E-state index in [0.717, 1.165) is 24.0 Å². The van der Waals surface area contributed by atoms with Gasteiger partial charge in [-0.1, -0.05) is 26.0 Å². The molecule has 2 rings (SSSR count). The quantitative estimate of drug-likeness (QED) is 0.729. The summed E-state index contributed by atoms with van der Waals surface area (Å²) in [6.45, 7) is 8.64. The van der Waals surface area contributed by atoms with Gasteiger partial charge in [-0.2, -0.15) is 0 Å². The predicted octanol–water partition coefficient (Wildman–Crippen LogP) is 4.02. The van der Waals surface area contributed by atoms with Crippen LogP contribution < -0.4 is 0 Å². The number of carbonyl (C=O) groups is 1. The molecule has 0 aliphatic heterocycles. The standard InChI is InChI=1S/C15H20O/c1-9(2)7-12-8-13(16)15-11(4)6-5-10(3)14(12)15/h5-6,9,12H,7-8H2,1-4H3. The highest BCUT2D eigenvalue weighted by Crippen LogP contribution is 2.40. The number of fused-ring (bicyclic) bond motifs is 1. The maximum Gasteiger partial charge on any atom is 0.164 e. The minimum absolute atomic E-state index is 0.349. The molecule has 1 unspecified atom stereocenters. The van der Waals surface area contributed by atoms with Crippen molar-refractivity contribution in [3.63, 3.8) is 0 Å². The summed E-state index contributed by atoms with van der Waals surface area (Å²) in [6, 6.07) is 4.23. The van der Waals surface area contributed by atoms with E-state index < -0.39 is 0 Å². The average molecular weight is 216 g/mol. The van der Waals surface area contributed by atoms with Crippen LogP contribution in [0.5, 0.6) is 0 Å². The van der Waals surface area contributed by atoms with Crippen molar-refractivity contribution in [3.05, 3.63) is 34.4 Å². The summed E-state index contributed by atoms with van der Waals surface area (Å²) < 4.78 is 0. The van der Waals surface area contributed by atoms with Crippen molar-refractivity contribution in [1.29, 1.82) is 0 Å². The van der Waals surface area contributed by atoms with E-state index in [9.17, 15) is 4.79 Å². The molecule has 0 bridgehead atoms. The summed E-state index contributed by atoms with van der Waals surface area (Å²) >= 11 is 0. The van der Waals surface area contributed by atoms with Crippen LogP contribution in [0.2, 0.25) is 0 Å². The second-order valence-corrected chi connectivity index (χ2v) is 5.44. The molecule has 1 aliphatic rings. The van der Waals surface area contributed by atoms with Crippen LogP contribution in [0.3, 0.4) is 0 Å². The molecule has 0 saturated carbocycles. The van der Waals surface area contributed by atoms with E-state index in [2.05, 4.69) is 32.9 Å². The van der Waals surface area contributed by atoms with Gasteiger partial charge in [0, 0.05) is 12.0 Å². The van der Waals surface area contributed by atoms with Gasteiger partial charge in [0.25, 0.3) is 0 Å². The molecule has 1 aliphatic carbocycles. The number of hydrogen-bond acceptors (Lipinski definition) is 1. The third-order valence-electron chi connectivity index (χ3n) is 3.55. The first kappa shape index (κ1) is 11.4. The molecule has 0 heterocycles. The highest BCUT2D eigenvalue weighted by Gasteiger charge is 2.32. The molecule has 16 heavy (non-hydrogen) atoms. The van der Waals surface area contributed by atoms with Crippen molar-refractivity contribution >= 4 is 5.78 Å². The zero-order chi connectivity index (χ0) is 11.9. The van der Waals surface area contributed by atoms with Gasteiger partial charge in [-0.05, 0) is 48.8 Å². The van der Waals surface area contributed by atoms with Crippen LogP contribution in [0.15, 0.2) is 12.1 Å². The number of hydrogen-bond donors (Lipinski definition) is 0. The lowest BCUT2D eigenvalue weighted by molar-refractivity contribution is 0.0986.